The fraction of sp³-hybridized carbons (Fsp3) is 0.600. The van der Waals surface area contributed by atoms with Gasteiger partial charge in [-0.1, -0.05) is 6.08 Å². The molecular formula is C10H15N3OS. The van der Waals surface area contributed by atoms with Crippen LogP contribution in [0, 0.1) is 5.92 Å². The number of amidine groups is 1. The molecule has 2 rings (SSSR count). The molecule has 4 nitrogen and oxygen atoms in total. The number of hydrogen-bond donors (Lipinski definition) is 2. The second kappa shape index (κ2) is 4.81. The van der Waals surface area contributed by atoms with Crippen molar-refractivity contribution in [3.8, 4) is 0 Å². The van der Waals surface area contributed by atoms with E-state index in [0.29, 0.717) is 5.92 Å². The molecule has 0 aromatic heterocycles. The van der Waals surface area contributed by atoms with E-state index in [1.54, 1.807) is 7.05 Å². The molecule has 2 aliphatic rings. The Morgan fingerprint density at radius 2 is 2.27 bits per heavy atom. The molecule has 0 spiro atoms. The lowest BCUT2D eigenvalue weighted by atomic mass is 9.97. The summed E-state index contributed by atoms with van der Waals surface area (Å²) in [5.74, 6) is 1.31. The number of carbonyl (C=O) groups excluding carboxylic acids is 1. The summed E-state index contributed by atoms with van der Waals surface area (Å²) in [6.07, 6.45) is 4.48. The van der Waals surface area contributed by atoms with Gasteiger partial charge in [0, 0.05) is 7.05 Å². The van der Waals surface area contributed by atoms with Gasteiger partial charge in [0.05, 0.1) is 4.91 Å². The van der Waals surface area contributed by atoms with Gasteiger partial charge in [-0.05, 0) is 43.6 Å². The van der Waals surface area contributed by atoms with Crippen LogP contribution in [0.3, 0.4) is 0 Å². The number of nitrogens with zero attached hydrogens (tertiary/aromatic N) is 1. The van der Waals surface area contributed by atoms with Gasteiger partial charge >= 0.3 is 5.24 Å². The third-order valence-electron chi connectivity index (χ3n) is 2.64. The smallest absolute Gasteiger partial charge is 0.311 e. The topological polar surface area (TPSA) is 53.5 Å². The molecule has 82 valence electrons. The van der Waals surface area contributed by atoms with Gasteiger partial charge in [0.25, 0.3) is 0 Å². The average molecular weight is 225 g/mol. The highest BCUT2D eigenvalue weighted by atomic mass is 32.2. The molecule has 2 aliphatic heterocycles. The van der Waals surface area contributed by atoms with Crippen molar-refractivity contribution in [2.75, 3.05) is 20.1 Å². The summed E-state index contributed by atoms with van der Waals surface area (Å²) in [7, 11) is 1.80. The first-order valence-corrected chi connectivity index (χ1v) is 6.02. The Morgan fingerprint density at radius 1 is 1.53 bits per heavy atom. The number of carbonyl (C=O) groups is 1. The van der Waals surface area contributed by atoms with Crippen molar-refractivity contribution in [3.05, 3.63) is 11.0 Å². The van der Waals surface area contributed by atoms with Crippen LogP contribution in [0.25, 0.3) is 0 Å². The average Bonchev–Trinajstić information content (AvgIpc) is 2.60. The molecule has 2 N–H and O–H groups in total. The number of allylic oxidation sites excluding steroid dienone is 1. The first-order chi connectivity index (χ1) is 7.29. The minimum absolute atomic E-state index is 0.112. The Morgan fingerprint density at radius 3 is 2.93 bits per heavy atom. The van der Waals surface area contributed by atoms with Crippen LogP contribution >= 0.6 is 11.8 Å². The molecule has 1 fully saturated rings. The summed E-state index contributed by atoms with van der Waals surface area (Å²) >= 11 is 1.23. The normalized spacial score (nSPS) is 25.8. The summed E-state index contributed by atoms with van der Waals surface area (Å²) in [4.78, 5) is 16.0. The number of likely N-dealkylation sites (N-methyl/N-ethyl adjacent to an activating group) is 1. The molecule has 0 radical (unpaired) electrons. The zero-order valence-corrected chi connectivity index (χ0v) is 9.56. The van der Waals surface area contributed by atoms with E-state index < -0.39 is 0 Å². The number of piperidine rings is 1. The number of amides is 1. The van der Waals surface area contributed by atoms with Gasteiger partial charge in [-0.15, -0.1) is 0 Å². The van der Waals surface area contributed by atoms with Crippen molar-refractivity contribution in [2.24, 2.45) is 10.9 Å². The van der Waals surface area contributed by atoms with Crippen LogP contribution in [0.15, 0.2) is 16.0 Å². The molecule has 0 aromatic rings. The highest BCUT2D eigenvalue weighted by Crippen LogP contribution is 2.29. The summed E-state index contributed by atoms with van der Waals surface area (Å²) < 4.78 is 0. The highest BCUT2D eigenvalue weighted by Gasteiger charge is 2.22. The maximum absolute atomic E-state index is 11.1. The fourth-order valence-electron chi connectivity index (χ4n) is 1.83. The maximum Gasteiger partial charge on any atom is 0.311 e. The SMILES string of the molecule is CNC1=NC(=O)S/C1=C\C1CCNCC1. The van der Waals surface area contributed by atoms with E-state index in [-0.39, 0.29) is 5.24 Å². The van der Waals surface area contributed by atoms with E-state index in [1.165, 1.54) is 11.8 Å². The van der Waals surface area contributed by atoms with E-state index in [9.17, 15) is 4.79 Å². The van der Waals surface area contributed by atoms with Crippen LogP contribution in [-0.2, 0) is 0 Å². The van der Waals surface area contributed by atoms with Crippen LogP contribution in [0.4, 0.5) is 4.79 Å². The Balaban J connectivity index is 2.06. The molecule has 0 unspecified atom stereocenters. The monoisotopic (exact) mass is 225 g/mol. The van der Waals surface area contributed by atoms with Crippen LogP contribution in [0.5, 0.6) is 0 Å². The van der Waals surface area contributed by atoms with E-state index >= 15 is 0 Å². The minimum atomic E-state index is -0.112. The van der Waals surface area contributed by atoms with Crippen molar-refractivity contribution in [2.45, 2.75) is 12.8 Å². The van der Waals surface area contributed by atoms with E-state index in [2.05, 4.69) is 21.7 Å². The lowest BCUT2D eigenvalue weighted by Gasteiger charge is -2.19. The molecule has 15 heavy (non-hydrogen) atoms. The largest absolute Gasteiger partial charge is 0.372 e. The van der Waals surface area contributed by atoms with Crippen LogP contribution in [-0.4, -0.2) is 31.2 Å². The molecule has 0 atom stereocenters. The van der Waals surface area contributed by atoms with Crippen LogP contribution in [0.1, 0.15) is 12.8 Å². The van der Waals surface area contributed by atoms with Crippen molar-refractivity contribution >= 4 is 22.8 Å². The Labute approximate surface area is 93.6 Å². The lowest BCUT2D eigenvalue weighted by molar-refractivity contribution is 0.268. The molecule has 2 heterocycles. The highest BCUT2D eigenvalue weighted by molar-refractivity contribution is 8.18. The van der Waals surface area contributed by atoms with Crippen molar-refractivity contribution < 1.29 is 4.79 Å². The summed E-state index contributed by atoms with van der Waals surface area (Å²) in [5.41, 5.74) is 0. The summed E-state index contributed by atoms with van der Waals surface area (Å²) in [5, 5.41) is 6.17. The van der Waals surface area contributed by atoms with E-state index in [0.717, 1.165) is 36.7 Å². The lowest BCUT2D eigenvalue weighted by Crippen LogP contribution is -2.27. The van der Waals surface area contributed by atoms with Crippen molar-refractivity contribution in [1.29, 1.82) is 0 Å². The Hall–Kier alpha value is -0.810. The van der Waals surface area contributed by atoms with Crippen LogP contribution < -0.4 is 10.6 Å². The molecule has 0 aliphatic carbocycles. The number of nitrogens with one attached hydrogen (secondary N) is 2. The standard InChI is InChI=1S/C10H15N3OS/c1-11-9-8(15-10(14)13-9)6-7-2-4-12-5-3-7/h6-7,12H,2-5H2,1H3,(H,11,13,14)/b8-6-. The van der Waals surface area contributed by atoms with Gasteiger partial charge in [-0.2, -0.15) is 4.99 Å². The summed E-state index contributed by atoms with van der Waals surface area (Å²) in [6.45, 7) is 2.14. The first-order valence-electron chi connectivity index (χ1n) is 5.21. The molecule has 0 saturated carbocycles. The fourth-order valence-corrected chi connectivity index (χ4v) is 2.66. The number of rotatable bonds is 1. The van der Waals surface area contributed by atoms with Crippen molar-refractivity contribution in [1.82, 2.24) is 10.6 Å². The Kier molecular flexibility index (Phi) is 3.43. The predicted octanol–water partition coefficient (Wildman–Crippen LogP) is 1.35. The maximum atomic E-state index is 11.1. The zero-order valence-electron chi connectivity index (χ0n) is 8.75. The predicted molar refractivity (Wildman–Crippen MR) is 63.2 cm³/mol. The molecule has 0 aromatic carbocycles. The van der Waals surface area contributed by atoms with Gasteiger partial charge in [0.1, 0.15) is 5.84 Å². The number of hydrogen-bond acceptors (Lipinski definition) is 4. The Bertz CT molecular complexity index is 319. The minimum Gasteiger partial charge on any atom is -0.372 e. The molecule has 5 heteroatoms. The van der Waals surface area contributed by atoms with Gasteiger partial charge in [-0.25, -0.2) is 0 Å². The molecule has 1 amide bonds. The van der Waals surface area contributed by atoms with Gasteiger partial charge < -0.3 is 10.6 Å². The third kappa shape index (κ3) is 2.60. The summed E-state index contributed by atoms with van der Waals surface area (Å²) in [6, 6.07) is 0. The van der Waals surface area contributed by atoms with Gasteiger partial charge in [-0.3, -0.25) is 4.79 Å². The van der Waals surface area contributed by atoms with Crippen LogP contribution in [0.2, 0.25) is 0 Å². The number of thioether (sulfide) groups is 1. The number of aliphatic imine (C=N–C) groups is 1. The van der Waals surface area contributed by atoms with E-state index in [1.807, 2.05) is 0 Å². The molecule has 0 bridgehead atoms. The van der Waals surface area contributed by atoms with Gasteiger partial charge in [0.15, 0.2) is 0 Å². The van der Waals surface area contributed by atoms with E-state index in [4.69, 9.17) is 0 Å². The van der Waals surface area contributed by atoms with Crippen molar-refractivity contribution in [3.63, 3.8) is 0 Å². The first kappa shape index (κ1) is 10.7. The second-order valence-electron chi connectivity index (χ2n) is 3.70. The molecular weight excluding hydrogens is 210 g/mol. The second-order valence-corrected chi connectivity index (χ2v) is 4.69. The zero-order chi connectivity index (χ0) is 10.7. The quantitative estimate of drug-likeness (QED) is 0.707. The van der Waals surface area contributed by atoms with Gasteiger partial charge in [0.2, 0.25) is 0 Å². The molecule has 1 saturated heterocycles. The third-order valence-corrected chi connectivity index (χ3v) is 3.46.